The summed E-state index contributed by atoms with van der Waals surface area (Å²) in [5, 5.41) is 17.1. The number of carboxylic acids is 1. The van der Waals surface area contributed by atoms with Crippen LogP contribution in [0.25, 0.3) is 0 Å². The minimum Gasteiger partial charge on any atom is -0.480 e. The van der Waals surface area contributed by atoms with Crippen LogP contribution >= 0.6 is 0 Å². The highest BCUT2D eigenvalue weighted by atomic mass is 16.5. The summed E-state index contributed by atoms with van der Waals surface area (Å²) >= 11 is 0. The van der Waals surface area contributed by atoms with Gasteiger partial charge in [-0.05, 0) is 19.8 Å². The van der Waals surface area contributed by atoms with Crippen molar-refractivity contribution in [2.45, 2.75) is 38.8 Å². The van der Waals surface area contributed by atoms with Crippen LogP contribution in [0.15, 0.2) is 15.4 Å². The van der Waals surface area contributed by atoms with Crippen molar-refractivity contribution >= 4 is 5.97 Å². The van der Waals surface area contributed by atoms with E-state index in [1.54, 1.807) is 13.0 Å². The summed E-state index contributed by atoms with van der Waals surface area (Å²) in [5.74, 6) is 0.0416. The first kappa shape index (κ1) is 12.6. The number of rotatable bonds is 3. The van der Waals surface area contributed by atoms with Crippen molar-refractivity contribution in [2.24, 2.45) is 0 Å². The molecule has 3 heterocycles. The second-order valence-corrected chi connectivity index (χ2v) is 4.91. The van der Waals surface area contributed by atoms with Gasteiger partial charge >= 0.3 is 11.7 Å². The lowest BCUT2D eigenvalue weighted by molar-refractivity contribution is -0.141. The highest BCUT2D eigenvalue weighted by molar-refractivity contribution is 5.72. The Morgan fingerprint density at radius 3 is 3.05 bits per heavy atom. The summed E-state index contributed by atoms with van der Waals surface area (Å²) in [6.45, 7) is 1.94. The average Bonchev–Trinajstić information content (AvgIpc) is 2.95. The van der Waals surface area contributed by atoms with Crippen molar-refractivity contribution in [2.75, 3.05) is 0 Å². The van der Waals surface area contributed by atoms with Crippen LogP contribution in [0.4, 0.5) is 0 Å². The van der Waals surface area contributed by atoms with Crippen LogP contribution in [0.2, 0.25) is 0 Å². The van der Waals surface area contributed by atoms with Gasteiger partial charge < -0.3 is 9.63 Å². The summed E-state index contributed by atoms with van der Waals surface area (Å²) in [5.41, 5.74) is 0.307. The molecular weight excluding hydrogens is 264 g/mol. The van der Waals surface area contributed by atoms with E-state index in [0.29, 0.717) is 24.4 Å². The molecule has 1 aliphatic rings. The Balaban J connectivity index is 1.98. The van der Waals surface area contributed by atoms with E-state index in [-0.39, 0.29) is 6.54 Å². The monoisotopic (exact) mass is 278 g/mol. The molecule has 0 amide bonds. The Kier molecular flexibility index (Phi) is 2.92. The smallest absolute Gasteiger partial charge is 0.347 e. The molecule has 2 aromatic heterocycles. The van der Waals surface area contributed by atoms with Gasteiger partial charge in [0.05, 0.1) is 5.69 Å². The van der Waals surface area contributed by atoms with E-state index in [1.807, 2.05) is 0 Å². The molecule has 1 unspecified atom stereocenters. The molecule has 8 nitrogen and oxygen atoms in total. The Bertz CT molecular complexity index is 711. The SMILES string of the molecule is Cc1cc(Cn2nc3n(c2=O)C(C(=O)O)CCC3)on1. The van der Waals surface area contributed by atoms with Gasteiger partial charge in [-0.3, -0.25) is 4.57 Å². The van der Waals surface area contributed by atoms with Gasteiger partial charge in [-0.15, -0.1) is 0 Å². The zero-order valence-corrected chi connectivity index (χ0v) is 10.9. The van der Waals surface area contributed by atoms with Crippen LogP contribution in [0.1, 0.15) is 36.2 Å². The molecule has 0 saturated heterocycles. The molecule has 0 radical (unpaired) electrons. The van der Waals surface area contributed by atoms with Gasteiger partial charge in [0.1, 0.15) is 18.4 Å². The zero-order chi connectivity index (χ0) is 14.3. The second-order valence-electron chi connectivity index (χ2n) is 4.91. The lowest BCUT2D eigenvalue weighted by Gasteiger charge is -2.19. The van der Waals surface area contributed by atoms with E-state index in [4.69, 9.17) is 4.52 Å². The number of hydrogen-bond acceptors (Lipinski definition) is 5. The van der Waals surface area contributed by atoms with Crippen LogP contribution in [0.3, 0.4) is 0 Å². The van der Waals surface area contributed by atoms with Gasteiger partial charge in [0, 0.05) is 12.5 Å². The predicted octanol–water partition coefficient (Wildman–Crippen LogP) is 0.352. The summed E-state index contributed by atoms with van der Waals surface area (Å²) in [4.78, 5) is 23.5. The molecule has 0 aliphatic carbocycles. The van der Waals surface area contributed by atoms with Crippen LogP contribution < -0.4 is 5.69 Å². The molecule has 0 fully saturated rings. The van der Waals surface area contributed by atoms with Crippen molar-refractivity contribution in [3.05, 3.63) is 33.8 Å². The molecule has 2 aromatic rings. The van der Waals surface area contributed by atoms with Gasteiger partial charge in [-0.2, -0.15) is 5.10 Å². The third-order valence-corrected chi connectivity index (χ3v) is 3.40. The molecule has 0 spiro atoms. The van der Waals surface area contributed by atoms with E-state index in [2.05, 4.69) is 10.3 Å². The molecule has 20 heavy (non-hydrogen) atoms. The van der Waals surface area contributed by atoms with Crippen LogP contribution in [-0.2, 0) is 17.8 Å². The quantitative estimate of drug-likeness (QED) is 0.869. The number of carbonyl (C=O) groups is 1. The van der Waals surface area contributed by atoms with E-state index >= 15 is 0 Å². The van der Waals surface area contributed by atoms with Crippen molar-refractivity contribution in [1.82, 2.24) is 19.5 Å². The molecule has 1 atom stereocenters. The molecule has 8 heteroatoms. The topological polar surface area (TPSA) is 103 Å². The highest BCUT2D eigenvalue weighted by Gasteiger charge is 2.30. The largest absolute Gasteiger partial charge is 0.480 e. The number of aromatic nitrogens is 4. The Hall–Kier alpha value is -2.38. The summed E-state index contributed by atoms with van der Waals surface area (Å²) in [7, 11) is 0. The lowest BCUT2D eigenvalue weighted by atomic mass is 10.1. The minimum absolute atomic E-state index is 0.159. The standard InChI is InChI=1S/C12H14N4O4/c1-7-5-8(20-14-7)6-15-12(19)16-9(11(17)18)3-2-4-10(16)13-15/h5,9H,2-4,6H2,1H3,(H,17,18). The predicted molar refractivity (Wildman–Crippen MR) is 66.4 cm³/mol. The minimum atomic E-state index is -0.997. The van der Waals surface area contributed by atoms with Crippen LogP contribution in [0, 0.1) is 6.92 Å². The number of nitrogens with zero attached hydrogens (tertiary/aromatic N) is 4. The highest BCUT2D eigenvalue weighted by Crippen LogP contribution is 2.21. The third kappa shape index (κ3) is 2.02. The second kappa shape index (κ2) is 4.62. The number of aryl methyl sites for hydroxylation is 2. The zero-order valence-electron chi connectivity index (χ0n) is 10.9. The van der Waals surface area contributed by atoms with E-state index in [9.17, 15) is 14.7 Å². The summed E-state index contributed by atoms with van der Waals surface area (Å²) in [6.07, 6.45) is 1.78. The average molecular weight is 278 g/mol. The first-order chi connectivity index (χ1) is 9.56. The van der Waals surface area contributed by atoms with Crippen molar-refractivity contribution in [3.63, 3.8) is 0 Å². The van der Waals surface area contributed by atoms with Gasteiger partial charge in [-0.25, -0.2) is 14.3 Å². The fourth-order valence-corrected chi connectivity index (χ4v) is 2.51. The lowest BCUT2D eigenvalue weighted by Crippen LogP contribution is -2.34. The van der Waals surface area contributed by atoms with Crippen LogP contribution in [-0.4, -0.2) is 30.6 Å². The van der Waals surface area contributed by atoms with Gasteiger partial charge in [0.2, 0.25) is 0 Å². The van der Waals surface area contributed by atoms with E-state index in [1.165, 1.54) is 9.25 Å². The summed E-state index contributed by atoms with van der Waals surface area (Å²) in [6, 6.07) is 0.899. The van der Waals surface area contributed by atoms with Crippen molar-refractivity contribution in [3.8, 4) is 0 Å². The van der Waals surface area contributed by atoms with Crippen LogP contribution in [0.5, 0.6) is 0 Å². The van der Waals surface area contributed by atoms with Gasteiger partial charge in [-0.1, -0.05) is 5.16 Å². The summed E-state index contributed by atoms with van der Waals surface area (Å²) < 4.78 is 7.56. The van der Waals surface area contributed by atoms with E-state index in [0.717, 1.165) is 12.1 Å². The Morgan fingerprint density at radius 1 is 1.60 bits per heavy atom. The molecule has 1 aliphatic heterocycles. The normalized spacial score (nSPS) is 17.9. The maximum atomic E-state index is 12.3. The fraction of sp³-hybridized carbons (Fsp3) is 0.500. The maximum absolute atomic E-state index is 12.3. The first-order valence-electron chi connectivity index (χ1n) is 6.39. The molecule has 0 saturated carbocycles. The molecular formula is C12H14N4O4. The number of aliphatic carboxylic acids is 1. The van der Waals surface area contributed by atoms with Gasteiger partial charge in [0.15, 0.2) is 5.76 Å². The molecule has 0 aromatic carbocycles. The molecule has 1 N–H and O–H groups in total. The number of carboxylic acid groups (broad SMARTS) is 1. The Labute approximate surface area is 113 Å². The fourth-order valence-electron chi connectivity index (χ4n) is 2.51. The molecule has 0 bridgehead atoms. The maximum Gasteiger partial charge on any atom is 0.347 e. The van der Waals surface area contributed by atoms with Crippen molar-refractivity contribution < 1.29 is 14.4 Å². The molecule has 3 rings (SSSR count). The van der Waals surface area contributed by atoms with E-state index < -0.39 is 17.7 Å². The Morgan fingerprint density at radius 2 is 2.40 bits per heavy atom. The third-order valence-electron chi connectivity index (χ3n) is 3.40. The number of hydrogen-bond donors (Lipinski definition) is 1. The first-order valence-corrected chi connectivity index (χ1v) is 6.39. The number of fused-ring (bicyclic) bond motifs is 1. The van der Waals surface area contributed by atoms with Crippen molar-refractivity contribution in [1.29, 1.82) is 0 Å². The molecule has 106 valence electrons. The van der Waals surface area contributed by atoms with Gasteiger partial charge in [0.25, 0.3) is 0 Å².